The van der Waals surface area contributed by atoms with Gasteiger partial charge in [-0.15, -0.1) is 0 Å². The number of allylic oxidation sites excluding steroid dienone is 2. The van der Waals surface area contributed by atoms with Crippen molar-refractivity contribution in [2.75, 3.05) is 13.1 Å². The fourth-order valence-electron chi connectivity index (χ4n) is 4.82. The van der Waals surface area contributed by atoms with Crippen LogP contribution in [0, 0.1) is 11.8 Å². The van der Waals surface area contributed by atoms with Crippen molar-refractivity contribution in [2.24, 2.45) is 11.8 Å². The van der Waals surface area contributed by atoms with Gasteiger partial charge in [0.1, 0.15) is 0 Å². The van der Waals surface area contributed by atoms with Crippen LogP contribution < -0.4 is 0 Å². The van der Waals surface area contributed by atoms with Crippen LogP contribution in [0.5, 0.6) is 0 Å². The Morgan fingerprint density at radius 2 is 2.14 bits per heavy atom. The van der Waals surface area contributed by atoms with E-state index in [0.717, 1.165) is 23.8 Å². The number of hydrogen-bond donors (Lipinski definition) is 1. The first kappa shape index (κ1) is 12.3. The summed E-state index contributed by atoms with van der Waals surface area (Å²) in [6, 6.07) is 9.30. The molecule has 1 aliphatic carbocycles. The number of aromatic nitrogens is 1. The van der Waals surface area contributed by atoms with Gasteiger partial charge in [0, 0.05) is 34.7 Å². The number of aromatic amines is 1. The van der Waals surface area contributed by atoms with E-state index in [1.165, 1.54) is 36.1 Å². The van der Waals surface area contributed by atoms with E-state index in [4.69, 9.17) is 11.6 Å². The molecule has 0 bridgehead atoms. The summed E-state index contributed by atoms with van der Waals surface area (Å²) < 4.78 is 0. The summed E-state index contributed by atoms with van der Waals surface area (Å²) in [7, 11) is 0. The summed E-state index contributed by atoms with van der Waals surface area (Å²) in [4.78, 5) is 6.42. The van der Waals surface area contributed by atoms with Crippen molar-refractivity contribution in [2.45, 2.75) is 25.3 Å². The second-order valence-corrected chi connectivity index (χ2v) is 7.25. The van der Waals surface area contributed by atoms with E-state index in [-0.39, 0.29) is 0 Å². The average Bonchev–Trinajstić information content (AvgIpc) is 3.04. The van der Waals surface area contributed by atoms with Crippen molar-refractivity contribution >= 4 is 22.5 Å². The van der Waals surface area contributed by atoms with Gasteiger partial charge in [0.25, 0.3) is 0 Å². The van der Waals surface area contributed by atoms with Crippen molar-refractivity contribution in [3.05, 3.63) is 46.6 Å². The monoisotopic (exact) mass is 298 g/mol. The van der Waals surface area contributed by atoms with Gasteiger partial charge in [0.05, 0.1) is 6.04 Å². The molecule has 0 unspecified atom stereocenters. The molecule has 1 saturated heterocycles. The zero-order valence-corrected chi connectivity index (χ0v) is 12.7. The third-order valence-electron chi connectivity index (χ3n) is 5.74. The summed E-state index contributed by atoms with van der Waals surface area (Å²) in [5, 5.41) is 2.49. The molecule has 0 saturated carbocycles. The number of halogens is 1. The number of benzene rings is 1. The highest BCUT2D eigenvalue weighted by molar-refractivity contribution is 6.29. The van der Waals surface area contributed by atoms with Crippen LogP contribution in [0.1, 0.15) is 30.1 Å². The van der Waals surface area contributed by atoms with Gasteiger partial charge in [-0.05, 0) is 42.7 Å². The first-order chi connectivity index (χ1) is 10.3. The van der Waals surface area contributed by atoms with E-state index >= 15 is 0 Å². The minimum atomic E-state index is 0.550. The van der Waals surface area contributed by atoms with Gasteiger partial charge in [-0.2, -0.15) is 0 Å². The topological polar surface area (TPSA) is 19.0 Å². The molecule has 0 spiro atoms. The molecule has 1 N–H and O–H groups in total. The van der Waals surface area contributed by atoms with Crippen molar-refractivity contribution in [1.29, 1.82) is 0 Å². The zero-order chi connectivity index (χ0) is 14.0. The molecule has 3 atom stereocenters. The lowest BCUT2D eigenvalue weighted by atomic mass is 9.79. The maximum absolute atomic E-state index is 6.35. The number of rotatable bonds is 0. The second kappa shape index (κ2) is 4.37. The summed E-state index contributed by atoms with van der Waals surface area (Å²) >= 11 is 6.35. The van der Waals surface area contributed by atoms with Gasteiger partial charge in [0.15, 0.2) is 0 Å². The molecule has 0 radical (unpaired) electrons. The Labute approximate surface area is 129 Å². The van der Waals surface area contributed by atoms with Crippen LogP contribution in [0.15, 0.2) is 35.4 Å². The largest absolute Gasteiger partial charge is 0.357 e. The maximum Gasteiger partial charge on any atom is 0.0536 e. The van der Waals surface area contributed by atoms with Crippen molar-refractivity contribution in [3.63, 3.8) is 0 Å². The molecular formula is C18H19ClN2. The number of hydrogen-bond acceptors (Lipinski definition) is 1. The average molecular weight is 299 g/mol. The fraction of sp³-hybridized carbons (Fsp3) is 0.444. The normalized spacial score (nSPS) is 31.7. The minimum Gasteiger partial charge on any atom is -0.357 e. The van der Waals surface area contributed by atoms with Crippen molar-refractivity contribution in [1.82, 2.24) is 9.88 Å². The van der Waals surface area contributed by atoms with Crippen LogP contribution >= 0.6 is 11.6 Å². The van der Waals surface area contributed by atoms with Crippen LogP contribution in [0.25, 0.3) is 10.9 Å². The lowest BCUT2D eigenvalue weighted by Gasteiger charge is -2.33. The highest BCUT2D eigenvalue weighted by atomic mass is 35.5. The van der Waals surface area contributed by atoms with Gasteiger partial charge >= 0.3 is 0 Å². The fourth-order valence-corrected chi connectivity index (χ4v) is 5.09. The molecule has 2 aromatic rings. The van der Waals surface area contributed by atoms with Crippen molar-refractivity contribution < 1.29 is 0 Å². The Bertz CT molecular complexity index is 745. The number of nitrogens with zero attached hydrogens (tertiary/aromatic N) is 1. The molecule has 1 aromatic heterocycles. The SMILES string of the molecule is ClC1=CC[C@@H]2CN3CCc4c([nH]c5ccccc45)[C@H]3[C@H]2C1. The lowest BCUT2D eigenvalue weighted by molar-refractivity contribution is 0.210. The quantitative estimate of drug-likeness (QED) is 0.771. The first-order valence-electron chi connectivity index (χ1n) is 7.99. The van der Waals surface area contributed by atoms with Gasteiger partial charge in [0.2, 0.25) is 0 Å². The predicted octanol–water partition coefficient (Wildman–Crippen LogP) is 4.23. The second-order valence-electron chi connectivity index (χ2n) is 6.77. The third-order valence-corrected chi connectivity index (χ3v) is 6.05. The summed E-state index contributed by atoms with van der Waals surface area (Å²) in [5.74, 6) is 1.48. The summed E-state index contributed by atoms with van der Waals surface area (Å²) in [6.45, 7) is 2.44. The highest BCUT2D eigenvalue weighted by Crippen LogP contribution is 2.51. The molecule has 2 aliphatic heterocycles. The Morgan fingerprint density at radius 3 is 3.10 bits per heavy atom. The smallest absolute Gasteiger partial charge is 0.0536 e. The van der Waals surface area contributed by atoms with Gasteiger partial charge < -0.3 is 4.98 Å². The number of fused-ring (bicyclic) bond motifs is 7. The molecule has 1 fully saturated rings. The molecule has 108 valence electrons. The van der Waals surface area contributed by atoms with Gasteiger partial charge in [-0.1, -0.05) is 35.9 Å². The standard InChI is InChI=1S/C18H19ClN2/c19-12-6-5-11-10-21-8-7-14-13-3-1-2-4-16(13)20-17(14)18(21)15(11)9-12/h1-4,6,11,15,18,20H,5,7-10H2/t11-,15+,18-/m1/s1. The Balaban J connectivity index is 1.65. The highest BCUT2D eigenvalue weighted by Gasteiger charge is 2.46. The van der Waals surface area contributed by atoms with Gasteiger partial charge in [-0.25, -0.2) is 0 Å². The van der Waals surface area contributed by atoms with E-state index in [1.807, 2.05) is 0 Å². The third kappa shape index (κ3) is 1.69. The molecule has 1 aromatic carbocycles. The summed E-state index contributed by atoms with van der Waals surface area (Å²) in [5.41, 5.74) is 4.32. The molecule has 0 amide bonds. The van der Waals surface area contributed by atoms with Crippen LogP contribution in [-0.4, -0.2) is 23.0 Å². The maximum atomic E-state index is 6.35. The molecule has 2 nitrogen and oxygen atoms in total. The summed E-state index contributed by atoms with van der Waals surface area (Å²) in [6.07, 6.45) is 5.64. The number of nitrogens with one attached hydrogen (secondary N) is 1. The van der Waals surface area contributed by atoms with E-state index in [0.29, 0.717) is 12.0 Å². The van der Waals surface area contributed by atoms with Crippen LogP contribution in [0.2, 0.25) is 0 Å². The Morgan fingerprint density at radius 1 is 1.24 bits per heavy atom. The lowest BCUT2D eigenvalue weighted by Crippen LogP contribution is -2.32. The number of H-pyrrole nitrogens is 1. The molecule has 3 aliphatic rings. The molecule has 3 heterocycles. The van der Waals surface area contributed by atoms with Crippen molar-refractivity contribution in [3.8, 4) is 0 Å². The Hall–Kier alpha value is -1.25. The molecule has 3 heteroatoms. The Kier molecular flexibility index (Phi) is 2.56. The zero-order valence-electron chi connectivity index (χ0n) is 12.0. The molecule has 21 heavy (non-hydrogen) atoms. The predicted molar refractivity (Wildman–Crippen MR) is 86.5 cm³/mol. The van der Waals surface area contributed by atoms with E-state index in [1.54, 1.807) is 5.56 Å². The molecule has 5 rings (SSSR count). The van der Waals surface area contributed by atoms with Gasteiger partial charge in [-0.3, -0.25) is 4.90 Å². The van der Waals surface area contributed by atoms with Crippen LogP contribution in [0.4, 0.5) is 0 Å². The van der Waals surface area contributed by atoms with E-state index in [9.17, 15) is 0 Å². The van der Waals surface area contributed by atoms with Crippen LogP contribution in [0.3, 0.4) is 0 Å². The number of para-hydroxylation sites is 1. The molecular weight excluding hydrogens is 280 g/mol. The first-order valence-corrected chi connectivity index (χ1v) is 8.37. The van der Waals surface area contributed by atoms with E-state index in [2.05, 4.69) is 40.2 Å². The van der Waals surface area contributed by atoms with Crippen LogP contribution in [-0.2, 0) is 6.42 Å². The minimum absolute atomic E-state index is 0.550. The van der Waals surface area contributed by atoms with E-state index < -0.39 is 0 Å².